The molecule has 1 heterocycles. The van der Waals surface area contributed by atoms with Gasteiger partial charge in [-0.3, -0.25) is 9.59 Å². The molecule has 21 heavy (non-hydrogen) atoms. The molecular formula is C11H13F3N2O4S. The molecule has 0 spiro atoms. The smallest absolute Gasteiger partial charge is 0.443 e. The first kappa shape index (κ1) is 17.4. The zero-order valence-corrected chi connectivity index (χ0v) is 12.0. The topological polar surface area (TPSA) is 88.5 Å². The van der Waals surface area contributed by atoms with Crippen LogP contribution in [0.4, 0.5) is 13.2 Å². The molecule has 1 amide bonds. The first-order valence-corrected chi connectivity index (χ1v) is 6.51. The van der Waals surface area contributed by atoms with Gasteiger partial charge in [0.1, 0.15) is 5.69 Å². The van der Waals surface area contributed by atoms with Crippen LogP contribution < -0.4 is 5.32 Å². The maximum atomic E-state index is 12.4. The van der Waals surface area contributed by atoms with Gasteiger partial charge in [0.25, 0.3) is 5.91 Å². The van der Waals surface area contributed by atoms with Gasteiger partial charge in [0.15, 0.2) is 5.01 Å². The SMILES string of the molecule is COCC(C)(CC(=O)O)NC(=O)c1csc(C(F)(F)F)n1. The number of carbonyl (C=O) groups excluding carboxylic acids is 1. The van der Waals surface area contributed by atoms with Gasteiger partial charge in [-0.05, 0) is 6.92 Å². The maximum Gasteiger partial charge on any atom is 0.443 e. The van der Waals surface area contributed by atoms with E-state index in [0.717, 1.165) is 5.38 Å². The molecule has 1 rings (SSSR count). The van der Waals surface area contributed by atoms with E-state index in [-0.39, 0.29) is 6.61 Å². The summed E-state index contributed by atoms with van der Waals surface area (Å²) in [4.78, 5) is 25.8. The van der Waals surface area contributed by atoms with Crippen LogP contribution in [-0.2, 0) is 15.7 Å². The van der Waals surface area contributed by atoms with E-state index >= 15 is 0 Å². The van der Waals surface area contributed by atoms with E-state index in [2.05, 4.69) is 10.3 Å². The number of nitrogens with one attached hydrogen (secondary N) is 1. The van der Waals surface area contributed by atoms with Crippen LogP contribution in [0, 0.1) is 0 Å². The standard InChI is InChI=1S/C11H13F3N2O4S/c1-10(5-20-2,3-7(17)18)16-8(19)6-4-21-9(15-6)11(12,13)14/h4H,3,5H2,1-2H3,(H,16,19)(H,17,18). The molecule has 118 valence electrons. The van der Waals surface area contributed by atoms with Crippen LogP contribution in [0.15, 0.2) is 5.38 Å². The highest BCUT2D eigenvalue weighted by Gasteiger charge is 2.36. The van der Waals surface area contributed by atoms with Gasteiger partial charge in [0, 0.05) is 12.5 Å². The number of nitrogens with zero attached hydrogens (tertiary/aromatic N) is 1. The molecule has 1 atom stereocenters. The summed E-state index contributed by atoms with van der Waals surface area (Å²) in [6.45, 7) is 1.31. The van der Waals surface area contributed by atoms with Gasteiger partial charge in [0.2, 0.25) is 0 Å². The average molecular weight is 326 g/mol. The van der Waals surface area contributed by atoms with E-state index in [1.165, 1.54) is 14.0 Å². The van der Waals surface area contributed by atoms with Crippen LogP contribution >= 0.6 is 11.3 Å². The second-order valence-electron chi connectivity index (χ2n) is 4.55. The summed E-state index contributed by atoms with van der Waals surface area (Å²) in [7, 11) is 1.32. The van der Waals surface area contributed by atoms with Crippen molar-refractivity contribution >= 4 is 23.2 Å². The van der Waals surface area contributed by atoms with Crippen LogP contribution in [0.2, 0.25) is 0 Å². The molecule has 0 aliphatic carbocycles. The number of hydrogen-bond acceptors (Lipinski definition) is 5. The number of carboxylic acid groups (broad SMARTS) is 1. The van der Waals surface area contributed by atoms with Gasteiger partial charge in [-0.15, -0.1) is 11.3 Å². The molecule has 1 aromatic rings. The van der Waals surface area contributed by atoms with Gasteiger partial charge in [0.05, 0.1) is 18.6 Å². The summed E-state index contributed by atoms with van der Waals surface area (Å²) in [6, 6.07) is 0. The molecule has 0 radical (unpaired) electrons. The highest BCUT2D eigenvalue weighted by molar-refractivity contribution is 7.09. The highest BCUT2D eigenvalue weighted by atomic mass is 32.1. The Hall–Kier alpha value is -1.68. The molecule has 1 unspecified atom stereocenters. The van der Waals surface area contributed by atoms with Gasteiger partial charge in [-0.25, -0.2) is 4.98 Å². The number of thiazole rings is 1. The zero-order chi connectivity index (χ0) is 16.3. The van der Waals surface area contributed by atoms with Gasteiger partial charge in [-0.2, -0.15) is 13.2 Å². The Kier molecular flexibility index (Phi) is 5.29. The first-order chi connectivity index (χ1) is 9.57. The van der Waals surface area contributed by atoms with E-state index in [0.29, 0.717) is 11.3 Å². The van der Waals surface area contributed by atoms with E-state index < -0.39 is 40.7 Å². The number of carbonyl (C=O) groups is 2. The molecule has 0 aliphatic heterocycles. The molecule has 0 aliphatic rings. The van der Waals surface area contributed by atoms with Crippen LogP contribution in [0.1, 0.15) is 28.8 Å². The fraction of sp³-hybridized carbons (Fsp3) is 0.545. The number of halogens is 3. The summed E-state index contributed by atoms with van der Waals surface area (Å²) in [5.41, 5.74) is -1.67. The predicted octanol–water partition coefficient (Wildman–Crippen LogP) is 1.77. The second-order valence-corrected chi connectivity index (χ2v) is 5.41. The third-order valence-corrected chi connectivity index (χ3v) is 3.29. The third kappa shape index (κ3) is 4.97. The van der Waals surface area contributed by atoms with E-state index in [1.54, 1.807) is 0 Å². The summed E-state index contributed by atoms with van der Waals surface area (Å²) >= 11 is 0.294. The highest BCUT2D eigenvalue weighted by Crippen LogP contribution is 2.31. The van der Waals surface area contributed by atoms with E-state index in [1.807, 2.05) is 0 Å². The number of amides is 1. The molecule has 6 nitrogen and oxygen atoms in total. The van der Waals surface area contributed by atoms with Crippen molar-refractivity contribution in [2.45, 2.75) is 25.1 Å². The fourth-order valence-electron chi connectivity index (χ4n) is 1.63. The number of methoxy groups -OCH3 is 1. The van der Waals surface area contributed by atoms with E-state index in [4.69, 9.17) is 9.84 Å². The zero-order valence-electron chi connectivity index (χ0n) is 11.2. The molecule has 0 saturated heterocycles. The number of rotatable bonds is 6. The number of aliphatic carboxylic acids is 1. The minimum absolute atomic E-state index is 0.110. The van der Waals surface area contributed by atoms with Crippen molar-refractivity contribution in [3.63, 3.8) is 0 Å². The Balaban J connectivity index is 2.87. The minimum atomic E-state index is -4.62. The Bertz CT molecular complexity index is 532. The Morgan fingerprint density at radius 1 is 1.48 bits per heavy atom. The Labute approximate surface area is 121 Å². The normalized spacial score (nSPS) is 14.5. The molecule has 0 fully saturated rings. The summed E-state index contributed by atoms with van der Waals surface area (Å²) in [6.07, 6.45) is -5.07. The van der Waals surface area contributed by atoms with E-state index in [9.17, 15) is 22.8 Å². The van der Waals surface area contributed by atoms with Gasteiger partial charge >= 0.3 is 12.1 Å². The number of ether oxygens (including phenoxy) is 1. The lowest BCUT2D eigenvalue weighted by Gasteiger charge is -2.28. The van der Waals surface area contributed by atoms with Crippen molar-refractivity contribution < 1.29 is 32.6 Å². The van der Waals surface area contributed by atoms with Crippen LogP contribution in [-0.4, -0.2) is 41.2 Å². The fourth-order valence-corrected chi connectivity index (χ4v) is 2.30. The molecule has 0 saturated carbocycles. The molecule has 10 heteroatoms. The number of hydrogen-bond donors (Lipinski definition) is 2. The average Bonchev–Trinajstić information content (AvgIpc) is 2.75. The van der Waals surface area contributed by atoms with Crippen LogP contribution in [0.3, 0.4) is 0 Å². The molecular weight excluding hydrogens is 313 g/mol. The van der Waals surface area contributed by atoms with Crippen LogP contribution in [0.5, 0.6) is 0 Å². The van der Waals surface area contributed by atoms with Crippen molar-refractivity contribution in [1.82, 2.24) is 10.3 Å². The summed E-state index contributed by atoms with van der Waals surface area (Å²) in [5.74, 6) is -2.06. The molecule has 2 N–H and O–H groups in total. The number of carboxylic acids is 1. The largest absolute Gasteiger partial charge is 0.481 e. The lowest BCUT2D eigenvalue weighted by Crippen LogP contribution is -2.50. The van der Waals surface area contributed by atoms with Crippen molar-refractivity contribution in [2.75, 3.05) is 13.7 Å². The Morgan fingerprint density at radius 2 is 2.10 bits per heavy atom. The van der Waals surface area contributed by atoms with Crippen molar-refractivity contribution in [3.8, 4) is 0 Å². The lowest BCUT2D eigenvalue weighted by atomic mass is 9.99. The van der Waals surface area contributed by atoms with Crippen molar-refractivity contribution in [3.05, 3.63) is 16.1 Å². The monoisotopic (exact) mass is 326 g/mol. The molecule has 1 aromatic heterocycles. The minimum Gasteiger partial charge on any atom is -0.481 e. The number of aromatic nitrogens is 1. The third-order valence-electron chi connectivity index (χ3n) is 2.40. The second kappa shape index (κ2) is 6.39. The predicted molar refractivity (Wildman–Crippen MR) is 67.1 cm³/mol. The molecule has 0 bridgehead atoms. The maximum absolute atomic E-state index is 12.4. The summed E-state index contributed by atoms with van der Waals surface area (Å²) in [5, 5.41) is 11.0. The lowest BCUT2D eigenvalue weighted by molar-refractivity contribution is -0.139. The van der Waals surface area contributed by atoms with Crippen molar-refractivity contribution in [1.29, 1.82) is 0 Å². The number of alkyl halides is 3. The first-order valence-electron chi connectivity index (χ1n) is 5.63. The van der Waals surface area contributed by atoms with Gasteiger partial charge < -0.3 is 15.2 Å². The summed E-state index contributed by atoms with van der Waals surface area (Å²) < 4.78 is 42.1. The molecule has 0 aromatic carbocycles. The van der Waals surface area contributed by atoms with Gasteiger partial charge in [-0.1, -0.05) is 0 Å². The quantitative estimate of drug-likeness (QED) is 0.832. The van der Waals surface area contributed by atoms with Crippen molar-refractivity contribution in [2.24, 2.45) is 0 Å². The van der Waals surface area contributed by atoms with Crippen LogP contribution in [0.25, 0.3) is 0 Å². The Morgan fingerprint density at radius 3 is 2.52 bits per heavy atom.